The van der Waals surface area contributed by atoms with Gasteiger partial charge in [0.05, 0.1) is 0 Å². The summed E-state index contributed by atoms with van der Waals surface area (Å²) in [6.45, 7) is 2.25. The standard InChI is InChI=1S/C7H12NO5P/c1-2-13-5-14(12)4-3-6(8-11)7(9)10/h2-5H2,1H3,(H-,9,10,11)/p+1. The largest absolute Gasteiger partial charge is 0.477 e. The minimum absolute atomic E-state index is 0.0197. The Labute approximate surface area is 82.3 Å². The van der Waals surface area contributed by atoms with Crippen molar-refractivity contribution in [3.05, 3.63) is 0 Å². The number of rotatable bonds is 7. The average molecular weight is 222 g/mol. The molecule has 80 valence electrons. The van der Waals surface area contributed by atoms with Crippen molar-refractivity contribution < 1.29 is 24.4 Å². The highest BCUT2D eigenvalue weighted by Crippen LogP contribution is 2.21. The van der Waals surface area contributed by atoms with Gasteiger partial charge in [0.25, 0.3) is 0 Å². The van der Waals surface area contributed by atoms with Crippen LogP contribution in [0.15, 0.2) is 5.16 Å². The first-order chi connectivity index (χ1) is 6.61. The number of aliphatic carboxylic acids is 1. The van der Waals surface area contributed by atoms with Gasteiger partial charge in [0.15, 0.2) is 11.9 Å². The minimum atomic E-state index is -1.58. The average Bonchev–Trinajstić information content (AvgIpc) is 2.15. The Morgan fingerprint density at radius 3 is 2.64 bits per heavy atom. The Hall–Kier alpha value is -1.00. The molecule has 0 radical (unpaired) electrons. The van der Waals surface area contributed by atoms with E-state index in [2.05, 4.69) is 5.16 Å². The number of nitrogens with zero attached hydrogens (tertiary/aromatic N) is 1. The van der Waals surface area contributed by atoms with Gasteiger partial charge in [0, 0.05) is 13.0 Å². The lowest BCUT2D eigenvalue weighted by molar-refractivity contribution is -0.129. The fraction of sp³-hybridized carbons (Fsp3) is 0.714. The summed E-state index contributed by atoms with van der Waals surface area (Å²) < 4.78 is 16.0. The van der Waals surface area contributed by atoms with Crippen LogP contribution in [0.3, 0.4) is 0 Å². The number of oxime groups is 1. The quantitative estimate of drug-likeness (QED) is 0.291. The fourth-order valence-corrected chi connectivity index (χ4v) is 1.66. The number of ether oxygens (including phenoxy) is 1. The molecule has 14 heavy (non-hydrogen) atoms. The van der Waals surface area contributed by atoms with Gasteiger partial charge in [0.2, 0.25) is 6.35 Å². The topological polar surface area (TPSA) is 96.2 Å². The molecule has 0 heterocycles. The minimum Gasteiger partial charge on any atom is -0.477 e. The van der Waals surface area contributed by atoms with Crippen LogP contribution in [0.2, 0.25) is 0 Å². The lowest BCUT2D eigenvalue weighted by Crippen LogP contribution is -2.13. The Morgan fingerprint density at radius 2 is 2.21 bits per heavy atom. The molecule has 0 aromatic rings. The Morgan fingerprint density at radius 1 is 1.57 bits per heavy atom. The molecule has 0 bridgehead atoms. The Kier molecular flexibility index (Phi) is 6.88. The van der Waals surface area contributed by atoms with E-state index < -0.39 is 13.8 Å². The molecular weight excluding hydrogens is 209 g/mol. The first-order valence-electron chi connectivity index (χ1n) is 4.05. The summed E-state index contributed by atoms with van der Waals surface area (Å²) >= 11 is 0. The zero-order valence-corrected chi connectivity index (χ0v) is 8.74. The summed E-state index contributed by atoms with van der Waals surface area (Å²) in [4.78, 5) is 10.3. The van der Waals surface area contributed by atoms with E-state index in [0.29, 0.717) is 6.61 Å². The van der Waals surface area contributed by atoms with Gasteiger partial charge in [-0.1, -0.05) is 9.72 Å². The number of hydrogen-bond acceptors (Lipinski definition) is 5. The van der Waals surface area contributed by atoms with Gasteiger partial charge in [-0.25, -0.2) is 4.79 Å². The van der Waals surface area contributed by atoms with Crippen LogP contribution >= 0.6 is 7.80 Å². The molecule has 0 aromatic heterocycles. The maximum Gasteiger partial charge on any atom is 0.367 e. The molecule has 1 unspecified atom stereocenters. The summed E-state index contributed by atoms with van der Waals surface area (Å²) in [5, 5.41) is 19.3. The zero-order valence-electron chi connectivity index (χ0n) is 7.84. The third kappa shape index (κ3) is 5.61. The molecule has 0 rings (SSSR count). The third-order valence-electron chi connectivity index (χ3n) is 1.40. The summed E-state index contributed by atoms with van der Waals surface area (Å²) in [5.41, 5.74) is -0.384. The number of carbonyl (C=O) groups is 1. The highest BCUT2D eigenvalue weighted by atomic mass is 31.1. The summed E-state index contributed by atoms with van der Waals surface area (Å²) in [5.74, 6) is -1.30. The van der Waals surface area contributed by atoms with Crippen molar-refractivity contribution in [3.63, 3.8) is 0 Å². The van der Waals surface area contributed by atoms with Crippen molar-refractivity contribution in [2.45, 2.75) is 13.3 Å². The lowest BCUT2D eigenvalue weighted by atomic mass is 10.3. The van der Waals surface area contributed by atoms with E-state index >= 15 is 0 Å². The van der Waals surface area contributed by atoms with Crippen molar-refractivity contribution in [1.29, 1.82) is 0 Å². The number of carboxylic acids is 1. The molecular formula is C7H13NO5P+. The van der Waals surface area contributed by atoms with Crippen molar-refractivity contribution in [1.82, 2.24) is 0 Å². The van der Waals surface area contributed by atoms with Gasteiger partial charge in [-0.15, -0.1) is 0 Å². The Bertz CT molecular complexity index is 240. The summed E-state index contributed by atoms with van der Waals surface area (Å²) in [6.07, 6.45) is 0.249. The van der Waals surface area contributed by atoms with Gasteiger partial charge in [-0.3, -0.25) is 0 Å². The molecule has 0 aliphatic carbocycles. The van der Waals surface area contributed by atoms with E-state index in [1.807, 2.05) is 0 Å². The molecule has 0 spiro atoms. The van der Waals surface area contributed by atoms with Gasteiger partial charge >= 0.3 is 13.8 Å². The molecule has 0 saturated carbocycles. The molecule has 0 fully saturated rings. The van der Waals surface area contributed by atoms with Crippen molar-refractivity contribution in [2.24, 2.45) is 5.16 Å². The molecule has 7 heteroatoms. The highest BCUT2D eigenvalue weighted by Gasteiger charge is 2.19. The Balaban J connectivity index is 3.81. The normalized spacial score (nSPS) is 12.6. The molecule has 0 amide bonds. The van der Waals surface area contributed by atoms with Crippen LogP contribution in [0.4, 0.5) is 0 Å². The predicted molar refractivity (Wildman–Crippen MR) is 50.4 cm³/mol. The van der Waals surface area contributed by atoms with Gasteiger partial charge in [-0.05, 0) is 6.92 Å². The molecule has 0 aromatic carbocycles. The molecule has 0 saturated heterocycles. The van der Waals surface area contributed by atoms with Crippen LogP contribution in [0.25, 0.3) is 0 Å². The lowest BCUT2D eigenvalue weighted by Gasteiger charge is -1.93. The van der Waals surface area contributed by atoms with E-state index in [0.717, 1.165) is 0 Å². The van der Waals surface area contributed by atoms with Crippen molar-refractivity contribution in [3.8, 4) is 0 Å². The summed E-state index contributed by atoms with van der Waals surface area (Å²) in [6, 6.07) is 0. The second-order valence-corrected chi connectivity index (χ2v) is 4.10. The van der Waals surface area contributed by atoms with Crippen LogP contribution in [0.1, 0.15) is 13.3 Å². The smallest absolute Gasteiger partial charge is 0.367 e. The van der Waals surface area contributed by atoms with Gasteiger partial charge in [-0.2, -0.15) is 0 Å². The van der Waals surface area contributed by atoms with Crippen molar-refractivity contribution in [2.75, 3.05) is 19.1 Å². The third-order valence-corrected chi connectivity index (χ3v) is 2.60. The van der Waals surface area contributed by atoms with Crippen LogP contribution < -0.4 is 0 Å². The van der Waals surface area contributed by atoms with E-state index in [4.69, 9.17) is 15.1 Å². The van der Waals surface area contributed by atoms with E-state index in [1.165, 1.54) is 0 Å². The van der Waals surface area contributed by atoms with Crippen LogP contribution in [0.5, 0.6) is 0 Å². The maximum atomic E-state index is 11.1. The van der Waals surface area contributed by atoms with Crippen LogP contribution in [-0.2, 0) is 14.1 Å². The van der Waals surface area contributed by atoms with E-state index in [1.54, 1.807) is 6.92 Å². The number of hydrogen-bond donors (Lipinski definition) is 2. The molecule has 1 atom stereocenters. The molecule has 2 N–H and O–H groups in total. The molecule has 6 nitrogen and oxygen atoms in total. The first kappa shape index (κ1) is 13.0. The van der Waals surface area contributed by atoms with Crippen LogP contribution in [0, 0.1) is 0 Å². The fourth-order valence-electron chi connectivity index (χ4n) is 0.688. The first-order valence-corrected chi connectivity index (χ1v) is 5.68. The monoisotopic (exact) mass is 222 g/mol. The van der Waals surface area contributed by atoms with E-state index in [9.17, 15) is 9.36 Å². The van der Waals surface area contributed by atoms with Gasteiger partial charge < -0.3 is 15.1 Å². The molecule has 0 aliphatic heterocycles. The zero-order chi connectivity index (χ0) is 11.0. The highest BCUT2D eigenvalue weighted by molar-refractivity contribution is 7.44. The van der Waals surface area contributed by atoms with E-state index in [-0.39, 0.29) is 24.6 Å². The van der Waals surface area contributed by atoms with Crippen LogP contribution in [-0.4, -0.2) is 41.1 Å². The SMILES string of the molecule is CCOC[P+](=O)CCC(=NO)C(=O)O. The van der Waals surface area contributed by atoms with Crippen molar-refractivity contribution >= 4 is 19.5 Å². The predicted octanol–water partition coefficient (Wildman–Crippen LogP) is 1.11. The molecule has 0 aliphatic rings. The number of carboxylic acid groups (broad SMARTS) is 1. The summed E-state index contributed by atoms with van der Waals surface area (Å²) in [7, 11) is -1.58. The second kappa shape index (κ2) is 7.41. The maximum absolute atomic E-state index is 11.1. The van der Waals surface area contributed by atoms with Gasteiger partial charge in [0.1, 0.15) is 0 Å². The second-order valence-electron chi connectivity index (χ2n) is 2.43.